The van der Waals surface area contributed by atoms with Gasteiger partial charge in [0.1, 0.15) is 5.75 Å². The van der Waals surface area contributed by atoms with Crippen LogP contribution in [-0.2, 0) is 71.7 Å². The fraction of sp³-hybridized carbons (Fsp3) is 0.490. The Morgan fingerprint density at radius 1 is 0.375 bits per heavy atom. The molecule has 17 rings (SSSR count). The van der Waals surface area contributed by atoms with Gasteiger partial charge in [0.2, 0.25) is 0 Å². The average molecular weight is 1550 g/mol. The van der Waals surface area contributed by atoms with Crippen molar-refractivity contribution in [1.82, 2.24) is 39.0 Å². The zero-order valence-electron chi connectivity index (χ0n) is 72.0. The molecule has 0 saturated carbocycles. The second kappa shape index (κ2) is 44.1. The van der Waals surface area contributed by atoms with Crippen molar-refractivity contribution in [1.29, 1.82) is 0 Å². The Bertz CT molecular complexity index is 4400. The molecule has 0 aliphatic carbocycles. The van der Waals surface area contributed by atoms with Gasteiger partial charge in [-0.15, -0.1) is 11.3 Å². The van der Waals surface area contributed by atoms with Gasteiger partial charge < -0.3 is 19.1 Å². The molecule has 7 aliphatic heterocycles. The van der Waals surface area contributed by atoms with Crippen LogP contribution in [0.2, 0.25) is 5.02 Å². The number of methoxy groups -OCH3 is 1. The third-order valence-corrected chi connectivity index (χ3v) is 24.5. The van der Waals surface area contributed by atoms with Gasteiger partial charge in [0, 0.05) is 149 Å². The van der Waals surface area contributed by atoms with Crippen molar-refractivity contribution in [2.75, 3.05) is 38.2 Å². The van der Waals surface area contributed by atoms with Crippen LogP contribution in [0.4, 0.5) is 5.69 Å². The molecule has 9 heterocycles. The van der Waals surface area contributed by atoms with Gasteiger partial charge in [-0.1, -0.05) is 172 Å². The Morgan fingerprint density at radius 3 is 1.37 bits per heavy atom. The number of fused-ring (bicyclic) bond motifs is 8. The Balaban J connectivity index is 0.000000158. The van der Waals surface area contributed by atoms with Gasteiger partial charge in [0.25, 0.3) is 0 Å². The highest BCUT2D eigenvalue weighted by atomic mass is 35.5. The van der Waals surface area contributed by atoms with Crippen LogP contribution >= 0.6 is 22.9 Å². The molecule has 0 amide bonds. The normalized spacial score (nSPS) is 15.7. The number of rotatable bonds is 10. The van der Waals surface area contributed by atoms with Gasteiger partial charge in [-0.25, -0.2) is 4.98 Å². The second-order valence-corrected chi connectivity index (χ2v) is 35.5. The summed E-state index contributed by atoms with van der Waals surface area (Å²) < 4.78 is 8.81. The van der Waals surface area contributed by atoms with E-state index in [0.717, 1.165) is 81.2 Å². The quantitative estimate of drug-likeness (QED) is 0.133. The molecule has 2 aromatic heterocycles. The van der Waals surface area contributed by atoms with Gasteiger partial charge >= 0.3 is 0 Å². The average Bonchev–Trinajstić information content (AvgIpc) is 1.58. The first-order chi connectivity index (χ1) is 53.1. The molecule has 8 aromatic carbocycles. The number of benzene rings is 8. The van der Waals surface area contributed by atoms with E-state index in [1.165, 1.54) is 151 Å². The van der Waals surface area contributed by atoms with Crippen molar-refractivity contribution in [3.63, 3.8) is 0 Å². The Hall–Kier alpha value is -7.16. The largest absolute Gasteiger partial charge is 0.497 e. The van der Waals surface area contributed by atoms with E-state index in [4.69, 9.17) is 16.3 Å². The first kappa shape index (κ1) is 90.4. The van der Waals surface area contributed by atoms with Crippen LogP contribution in [0.15, 0.2) is 182 Å². The highest BCUT2D eigenvalue weighted by Gasteiger charge is 2.26. The van der Waals surface area contributed by atoms with Gasteiger partial charge in [-0.3, -0.25) is 24.5 Å². The summed E-state index contributed by atoms with van der Waals surface area (Å²) >= 11 is 7.91. The number of piperidine rings is 1. The van der Waals surface area contributed by atoms with Crippen LogP contribution in [-0.4, -0.2) is 115 Å². The molecular formula is C100H142ClN9OS. The van der Waals surface area contributed by atoms with Crippen LogP contribution < -0.4 is 9.64 Å². The summed E-state index contributed by atoms with van der Waals surface area (Å²) in [6, 6.07) is 67.8. The number of anilines is 1. The van der Waals surface area contributed by atoms with Crippen molar-refractivity contribution >= 4 is 49.7 Å². The molecule has 0 N–H and O–H groups in total. The molecule has 0 radical (unpaired) electrons. The second-order valence-electron chi connectivity index (χ2n) is 34.0. The molecule has 1 saturated heterocycles. The number of aromatic nitrogens is 2. The topological polar surface area (TPSA) is 49.7 Å². The number of ether oxygens (including phenoxy) is 1. The summed E-state index contributed by atoms with van der Waals surface area (Å²) in [5.41, 5.74) is 22.8. The summed E-state index contributed by atoms with van der Waals surface area (Å²) in [4.78, 5) is 22.0. The minimum absolute atomic E-state index is 0. The molecule has 606 valence electrons. The maximum atomic E-state index is 6.11. The number of nitrogens with zero attached hydrogens (tertiary/aromatic N) is 9. The van der Waals surface area contributed by atoms with E-state index in [0.29, 0.717) is 48.2 Å². The summed E-state index contributed by atoms with van der Waals surface area (Å²) in [6.07, 6.45) is 8.87. The number of thiazole rings is 1. The third-order valence-electron chi connectivity index (χ3n) is 22.8. The van der Waals surface area contributed by atoms with Gasteiger partial charge in [0.15, 0.2) is 0 Å². The van der Waals surface area contributed by atoms with Crippen LogP contribution in [0, 0.1) is 13.8 Å². The molecule has 0 spiro atoms. The molecule has 0 atom stereocenters. The zero-order valence-corrected chi connectivity index (χ0v) is 73.5. The van der Waals surface area contributed by atoms with Crippen LogP contribution in [0.5, 0.6) is 5.75 Å². The molecule has 12 heteroatoms. The fourth-order valence-corrected chi connectivity index (χ4v) is 16.7. The summed E-state index contributed by atoms with van der Waals surface area (Å²) in [5, 5.41) is 3.49. The highest BCUT2D eigenvalue weighted by Crippen LogP contribution is 2.34. The van der Waals surface area contributed by atoms with E-state index in [2.05, 4.69) is 340 Å². The fourth-order valence-electron chi connectivity index (χ4n) is 15.5. The van der Waals surface area contributed by atoms with E-state index < -0.39 is 0 Å². The third kappa shape index (κ3) is 25.9. The monoisotopic (exact) mass is 1550 g/mol. The van der Waals surface area contributed by atoms with Crippen LogP contribution in [0.1, 0.15) is 241 Å². The predicted octanol–water partition coefficient (Wildman–Crippen LogP) is 25.0. The predicted molar refractivity (Wildman–Crippen MR) is 486 cm³/mol. The number of halogens is 1. The molecule has 7 aliphatic rings. The van der Waals surface area contributed by atoms with Crippen molar-refractivity contribution in [2.45, 2.75) is 291 Å². The number of hydrogen-bond donors (Lipinski definition) is 0. The summed E-state index contributed by atoms with van der Waals surface area (Å²) in [7, 11) is 1.72. The van der Waals surface area contributed by atoms with E-state index in [-0.39, 0.29) is 7.43 Å². The van der Waals surface area contributed by atoms with Crippen molar-refractivity contribution in [3.05, 3.63) is 264 Å². The lowest BCUT2D eigenvalue weighted by Gasteiger charge is -2.31. The minimum Gasteiger partial charge on any atom is -0.497 e. The maximum absolute atomic E-state index is 6.11. The highest BCUT2D eigenvalue weighted by molar-refractivity contribution is 7.18. The lowest BCUT2D eigenvalue weighted by molar-refractivity contribution is 0.185. The standard InChI is InChI=1S/C12H17NO.C12H17N.C12H15N.C12H17N.C11H14ClN.2C11H15N.C10H11NS.C8H17N.CH4/c1-9(2)13-7-10-4-5-12(14-3)6-11(10)8-13;1-9(2)13-7-11-5-4-10(3)6-12(11)8-13;1-9(2)13-7-6-11-8-10(3)4-5-12(11)13;1-10(2)13-8-7-11-5-3-4-6-12(11)9-13;1-8(2)13-6-9-4-3-5-11(12)10(9)7-13;1-9(2)12-7-10-5-3-4-6-11(10)8-12;1-9(2)12-8-7-10-5-3-4-6-11(10)12;1-7(2)10-11-8-5-3-4-6-9(8)12-10;1-8(2)9-6-4-3-5-7-9;/h4-6,9H,7-8H2,1-3H3;4-6,9H,7-8H2,1-3H3;4-9H,1-3H3;3-6,10H,7-9H2,1-2H3;3-5,8H,6-7H2,1-2H3;2*3-6,9H,7-8H2,1-2H3;3-7H,1-2H3;8H,3-7H2,1-2H3;1H4. The van der Waals surface area contributed by atoms with Gasteiger partial charge in [0.05, 0.1) is 22.3 Å². The first-order valence-corrected chi connectivity index (χ1v) is 43.2. The van der Waals surface area contributed by atoms with Crippen LogP contribution in [0.25, 0.3) is 21.1 Å². The molecule has 0 bridgehead atoms. The summed E-state index contributed by atoms with van der Waals surface area (Å²) in [6.45, 7) is 59.6. The number of hydrogen-bond acceptors (Lipinski definition) is 10. The van der Waals surface area contributed by atoms with Crippen molar-refractivity contribution < 1.29 is 4.74 Å². The van der Waals surface area contributed by atoms with Crippen molar-refractivity contribution in [3.8, 4) is 5.75 Å². The first-order valence-electron chi connectivity index (χ1n) is 42.0. The Kier molecular flexibility index (Phi) is 35.6. The van der Waals surface area contributed by atoms with E-state index >= 15 is 0 Å². The van der Waals surface area contributed by atoms with Crippen molar-refractivity contribution in [2.24, 2.45) is 0 Å². The SMILES string of the molecule is C.CC(C)N1CCCCC1.CC(C)N1CCc2ccccc21.CC(C)N1CCc2ccccc2C1.CC(C)N1Cc2cccc(Cl)c2C1.CC(C)N1Cc2ccccc2C1.CC(C)c1nc2ccccc2s1.COc1ccc2c(c1)CN(C(C)C)C2.Cc1ccc2c(c1)CN(C(C)C)C2.Cc1ccc2c(ccn2C(C)C)c1. The van der Waals surface area contributed by atoms with Gasteiger partial charge in [-0.2, -0.15) is 0 Å². The Morgan fingerprint density at radius 2 is 0.830 bits per heavy atom. The van der Waals surface area contributed by atoms with E-state index in [9.17, 15) is 0 Å². The van der Waals surface area contributed by atoms with E-state index in [1.807, 2.05) is 24.3 Å². The smallest absolute Gasteiger partial charge is 0.119 e. The maximum Gasteiger partial charge on any atom is 0.119 e. The van der Waals surface area contributed by atoms with E-state index in [1.54, 1.807) is 24.0 Å². The lowest BCUT2D eigenvalue weighted by atomic mass is 9.99. The summed E-state index contributed by atoms with van der Waals surface area (Å²) in [5.74, 6) is 1.51. The number of para-hydroxylation sites is 2. The Labute approximate surface area is 688 Å². The van der Waals surface area contributed by atoms with Gasteiger partial charge in [-0.05, 0) is 285 Å². The molecule has 10 nitrogen and oxygen atoms in total. The van der Waals surface area contributed by atoms with Crippen LogP contribution in [0.3, 0.4) is 0 Å². The molecule has 0 unspecified atom stereocenters. The minimum atomic E-state index is 0. The number of likely N-dealkylation sites (tertiary alicyclic amines) is 1. The zero-order chi connectivity index (χ0) is 80.0. The molecule has 10 aromatic rings. The molecule has 1 fully saturated rings. The molecular weight excluding hydrogens is 1410 g/mol. The number of aryl methyl sites for hydroxylation is 2. The lowest BCUT2D eigenvalue weighted by Crippen LogP contribution is -2.35. The molecule has 112 heavy (non-hydrogen) atoms.